The highest BCUT2D eigenvalue weighted by atomic mass is 32.1. The SMILES string of the molecule is c1cc(-c2cnc3oc4ccc5ccccc5c4c3n2)cc(-n2c3ccccc3c3c4sc5ccccc5c4ccc32)c1. The molecule has 0 unspecified atom stereocenters. The highest BCUT2D eigenvalue weighted by molar-refractivity contribution is 7.26. The van der Waals surface area contributed by atoms with Gasteiger partial charge in [-0.25, -0.2) is 9.97 Å². The Morgan fingerprint density at radius 1 is 0.628 bits per heavy atom. The quantitative estimate of drug-likeness (QED) is 0.209. The van der Waals surface area contributed by atoms with Gasteiger partial charge in [-0.1, -0.05) is 84.9 Å². The molecule has 0 saturated heterocycles. The van der Waals surface area contributed by atoms with E-state index in [1.165, 1.54) is 42.0 Å². The summed E-state index contributed by atoms with van der Waals surface area (Å²) in [5.74, 6) is 0. The van der Waals surface area contributed by atoms with Gasteiger partial charge < -0.3 is 8.98 Å². The number of fused-ring (bicyclic) bond motifs is 12. The lowest BCUT2D eigenvalue weighted by Gasteiger charge is -2.10. The average molecular weight is 568 g/mol. The molecule has 0 amide bonds. The van der Waals surface area contributed by atoms with E-state index in [2.05, 4.69) is 120 Å². The van der Waals surface area contributed by atoms with Crippen molar-refractivity contribution < 1.29 is 4.42 Å². The van der Waals surface area contributed by atoms with Gasteiger partial charge in [0.15, 0.2) is 0 Å². The van der Waals surface area contributed by atoms with Crippen molar-refractivity contribution in [2.24, 2.45) is 0 Å². The zero-order valence-corrected chi connectivity index (χ0v) is 23.6. The second kappa shape index (κ2) is 8.51. The average Bonchev–Trinajstić information content (AvgIpc) is 3.74. The lowest BCUT2D eigenvalue weighted by atomic mass is 10.1. The Kier molecular flexibility index (Phi) is 4.57. The standard InChI is InChI=1S/C38H21N3OS/c1-2-11-25-22(8-1)16-19-32-35(25)36-38(42-32)39-21-29(40-36)23-9-7-10-24(20-23)41-30-14-5-3-13-28(30)34-31(41)18-17-27-26-12-4-6-15-33(26)43-37(27)34/h1-21H. The van der Waals surface area contributed by atoms with Crippen LogP contribution in [0.3, 0.4) is 0 Å². The van der Waals surface area contributed by atoms with Crippen molar-refractivity contribution in [3.05, 3.63) is 128 Å². The maximum atomic E-state index is 6.11. The molecule has 0 N–H and O–H groups in total. The van der Waals surface area contributed by atoms with Gasteiger partial charge in [-0.3, -0.25) is 0 Å². The van der Waals surface area contributed by atoms with E-state index in [1.807, 2.05) is 23.6 Å². The Hall–Kier alpha value is -5.52. The Morgan fingerprint density at radius 3 is 2.42 bits per heavy atom. The first-order valence-electron chi connectivity index (χ1n) is 14.3. The molecule has 0 saturated carbocycles. The normalized spacial score (nSPS) is 12.2. The topological polar surface area (TPSA) is 43.9 Å². The van der Waals surface area contributed by atoms with E-state index in [-0.39, 0.29) is 0 Å². The smallest absolute Gasteiger partial charge is 0.246 e. The van der Waals surface area contributed by atoms with Crippen molar-refractivity contribution >= 4 is 86.3 Å². The molecule has 10 aromatic rings. The molecule has 200 valence electrons. The molecule has 4 heterocycles. The molecule has 4 aromatic heterocycles. The van der Waals surface area contributed by atoms with Crippen LogP contribution in [-0.2, 0) is 0 Å². The molecule has 0 bridgehead atoms. The van der Waals surface area contributed by atoms with Gasteiger partial charge in [0.1, 0.15) is 11.1 Å². The minimum absolute atomic E-state index is 0.556. The Bertz CT molecular complexity index is 2750. The second-order valence-electron chi connectivity index (χ2n) is 11.0. The summed E-state index contributed by atoms with van der Waals surface area (Å²) in [5.41, 5.74) is 7.46. The van der Waals surface area contributed by atoms with Crippen LogP contribution in [0.1, 0.15) is 0 Å². The number of hydrogen-bond donors (Lipinski definition) is 0. The maximum absolute atomic E-state index is 6.11. The number of aromatic nitrogens is 3. The number of hydrogen-bond acceptors (Lipinski definition) is 4. The van der Waals surface area contributed by atoms with Crippen LogP contribution in [0, 0.1) is 0 Å². The van der Waals surface area contributed by atoms with E-state index in [9.17, 15) is 0 Å². The monoisotopic (exact) mass is 567 g/mol. The highest BCUT2D eigenvalue weighted by Gasteiger charge is 2.18. The number of thiophene rings is 1. The molecule has 6 aromatic carbocycles. The summed E-state index contributed by atoms with van der Waals surface area (Å²) < 4.78 is 11.1. The number of furan rings is 1. The zero-order valence-electron chi connectivity index (χ0n) is 22.8. The van der Waals surface area contributed by atoms with Crippen LogP contribution in [-0.4, -0.2) is 14.5 Å². The minimum atomic E-state index is 0.556. The fourth-order valence-corrected chi connectivity index (χ4v) is 8.02. The van der Waals surface area contributed by atoms with Crippen molar-refractivity contribution in [2.75, 3.05) is 0 Å². The van der Waals surface area contributed by atoms with E-state index >= 15 is 0 Å². The molecule has 0 fully saturated rings. The second-order valence-corrected chi connectivity index (χ2v) is 12.1. The van der Waals surface area contributed by atoms with Gasteiger partial charge in [0.05, 0.1) is 28.3 Å². The third kappa shape index (κ3) is 3.20. The molecule has 43 heavy (non-hydrogen) atoms. The van der Waals surface area contributed by atoms with Crippen LogP contribution < -0.4 is 0 Å². The third-order valence-electron chi connectivity index (χ3n) is 8.65. The van der Waals surface area contributed by atoms with Crippen LogP contribution in [0.25, 0.3) is 91.9 Å². The lowest BCUT2D eigenvalue weighted by Crippen LogP contribution is -1.95. The fourth-order valence-electron chi connectivity index (χ4n) is 6.76. The predicted octanol–water partition coefficient (Wildman–Crippen LogP) is 10.7. The summed E-state index contributed by atoms with van der Waals surface area (Å²) in [6, 6.07) is 43.0. The Labute approximate surface area is 249 Å². The molecule has 0 spiro atoms. The molecule has 5 heteroatoms. The van der Waals surface area contributed by atoms with Gasteiger partial charge in [0.25, 0.3) is 0 Å². The van der Waals surface area contributed by atoms with E-state index in [0.717, 1.165) is 44.2 Å². The summed E-state index contributed by atoms with van der Waals surface area (Å²) in [6.45, 7) is 0. The third-order valence-corrected chi connectivity index (χ3v) is 9.86. The summed E-state index contributed by atoms with van der Waals surface area (Å²) in [7, 11) is 0. The van der Waals surface area contributed by atoms with Gasteiger partial charge >= 0.3 is 0 Å². The van der Waals surface area contributed by atoms with Crippen LogP contribution >= 0.6 is 11.3 Å². The van der Waals surface area contributed by atoms with E-state index in [1.54, 1.807) is 0 Å². The van der Waals surface area contributed by atoms with Gasteiger partial charge in [-0.05, 0) is 47.2 Å². The Morgan fingerprint density at radius 2 is 1.47 bits per heavy atom. The van der Waals surface area contributed by atoms with Crippen molar-refractivity contribution in [3.63, 3.8) is 0 Å². The zero-order chi connectivity index (χ0) is 28.1. The number of nitrogens with zero attached hydrogens (tertiary/aromatic N) is 3. The molecule has 0 aliphatic rings. The summed E-state index contributed by atoms with van der Waals surface area (Å²) in [5, 5.41) is 8.48. The number of benzene rings is 6. The van der Waals surface area contributed by atoms with Gasteiger partial charge in [0.2, 0.25) is 5.71 Å². The van der Waals surface area contributed by atoms with Gasteiger partial charge in [-0.15, -0.1) is 11.3 Å². The molecule has 0 aliphatic carbocycles. The molecule has 10 rings (SSSR count). The van der Waals surface area contributed by atoms with Crippen LogP contribution in [0.5, 0.6) is 0 Å². The van der Waals surface area contributed by atoms with Crippen molar-refractivity contribution in [2.45, 2.75) is 0 Å². The Balaban J connectivity index is 1.21. The first kappa shape index (κ1) is 23.1. The van der Waals surface area contributed by atoms with E-state index in [0.29, 0.717) is 5.71 Å². The van der Waals surface area contributed by atoms with Gasteiger partial charge in [-0.2, -0.15) is 0 Å². The largest absolute Gasteiger partial charge is 0.436 e. The first-order valence-corrected chi connectivity index (χ1v) is 15.1. The molecule has 4 nitrogen and oxygen atoms in total. The first-order chi connectivity index (χ1) is 21.3. The number of para-hydroxylation sites is 1. The highest BCUT2D eigenvalue weighted by Crippen LogP contribution is 2.43. The maximum Gasteiger partial charge on any atom is 0.246 e. The van der Waals surface area contributed by atoms with Crippen LogP contribution in [0.2, 0.25) is 0 Å². The molecular weight excluding hydrogens is 547 g/mol. The van der Waals surface area contributed by atoms with E-state index in [4.69, 9.17) is 14.4 Å². The summed E-state index contributed by atoms with van der Waals surface area (Å²) >= 11 is 1.88. The predicted molar refractivity (Wildman–Crippen MR) is 179 cm³/mol. The van der Waals surface area contributed by atoms with E-state index < -0.39 is 0 Å². The number of rotatable bonds is 2. The molecule has 0 atom stereocenters. The van der Waals surface area contributed by atoms with Crippen molar-refractivity contribution in [3.8, 4) is 16.9 Å². The summed E-state index contributed by atoms with van der Waals surface area (Å²) in [6.07, 6.45) is 1.82. The van der Waals surface area contributed by atoms with Crippen molar-refractivity contribution in [1.82, 2.24) is 14.5 Å². The molecule has 0 aliphatic heterocycles. The molecular formula is C38H21N3OS. The summed E-state index contributed by atoms with van der Waals surface area (Å²) in [4.78, 5) is 9.85. The minimum Gasteiger partial charge on any atom is -0.436 e. The fraction of sp³-hybridized carbons (Fsp3) is 0. The lowest BCUT2D eigenvalue weighted by molar-refractivity contribution is 0.653. The van der Waals surface area contributed by atoms with Crippen LogP contribution in [0.15, 0.2) is 132 Å². The molecule has 0 radical (unpaired) electrons. The van der Waals surface area contributed by atoms with Gasteiger partial charge in [0, 0.05) is 42.2 Å². The van der Waals surface area contributed by atoms with Crippen LogP contribution in [0.4, 0.5) is 0 Å². The van der Waals surface area contributed by atoms with Crippen molar-refractivity contribution in [1.29, 1.82) is 0 Å².